The molecule has 2 atom stereocenters. The summed E-state index contributed by atoms with van der Waals surface area (Å²) >= 11 is 0. The van der Waals surface area contributed by atoms with Crippen molar-refractivity contribution in [3.8, 4) is 0 Å². The third-order valence-corrected chi connectivity index (χ3v) is 4.49. The van der Waals surface area contributed by atoms with E-state index in [2.05, 4.69) is 36.1 Å². The van der Waals surface area contributed by atoms with E-state index >= 15 is 0 Å². The van der Waals surface area contributed by atoms with Crippen molar-refractivity contribution < 1.29 is 0 Å². The molecule has 4 nitrogen and oxygen atoms in total. The van der Waals surface area contributed by atoms with Crippen LogP contribution in [-0.4, -0.2) is 40.4 Å². The van der Waals surface area contributed by atoms with Crippen molar-refractivity contribution in [1.82, 2.24) is 20.0 Å². The molecule has 0 bridgehead atoms. The summed E-state index contributed by atoms with van der Waals surface area (Å²) in [5, 5.41) is 8.14. The highest BCUT2D eigenvalue weighted by Crippen LogP contribution is 2.19. The molecule has 1 saturated heterocycles. The van der Waals surface area contributed by atoms with Crippen LogP contribution in [0.3, 0.4) is 0 Å². The van der Waals surface area contributed by atoms with Crippen LogP contribution in [0.25, 0.3) is 0 Å². The maximum Gasteiger partial charge on any atom is 0.0540 e. The lowest BCUT2D eigenvalue weighted by molar-refractivity contribution is 0.295. The van der Waals surface area contributed by atoms with Gasteiger partial charge < -0.3 is 10.2 Å². The molecule has 19 heavy (non-hydrogen) atoms. The molecule has 108 valence electrons. The van der Waals surface area contributed by atoms with Gasteiger partial charge in [0.15, 0.2) is 0 Å². The number of aryl methyl sites for hydroxylation is 1. The zero-order valence-corrected chi connectivity index (χ0v) is 12.8. The number of nitrogens with one attached hydrogen (secondary N) is 1. The molecule has 0 aliphatic carbocycles. The number of aromatic nitrogens is 2. The summed E-state index contributed by atoms with van der Waals surface area (Å²) in [4.78, 5) is 2.56. The number of rotatable bonds is 4. The van der Waals surface area contributed by atoms with Crippen LogP contribution in [0.15, 0.2) is 6.20 Å². The summed E-state index contributed by atoms with van der Waals surface area (Å²) in [6.07, 6.45) is 5.87. The Balaban J connectivity index is 1.92. The van der Waals surface area contributed by atoms with E-state index in [9.17, 15) is 0 Å². The van der Waals surface area contributed by atoms with Crippen LogP contribution in [-0.2, 0) is 7.05 Å². The minimum absolute atomic E-state index is 0.395. The van der Waals surface area contributed by atoms with Gasteiger partial charge in [-0.15, -0.1) is 0 Å². The second-order valence-electron chi connectivity index (χ2n) is 5.76. The van der Waals surface area contributed by atoms with Crippen molar-refractivity contribution >= 4 is 0 Å². The second-order valence-corrected chi connectivity index (χ2v) is 5.76. The van der Waals surface area contributed by atoms with E-state index in [-0.39, 0.29) is 0 Å². The fourth-order valence-electron chi connectivity index (χ4n) is 3.02. The quantitative estimate of drug-likeness (QED) is 0.905. The van der Waals surface area contributed by atoms with Crippen LogP contribution >= 0.6 is 0 Å². The molecule has 2 unspecified atom stereocenters. The Kier molecular flexibility index (Phi) is 4.99. The van der Waals surface area contributed by atoms with Gasteiger partial charge in [0, 0.05) is 30.4 Å². The monoisotopic (exact) mass is 264 g/mol. The average Bonchev–Trinajstić information content (AvgIpc) is 2.62. The van der Waals surface area contributed by atoms with Crippen LogP contribution in [0.1, 0.15) is 50.4 Å². The fourth-order valence-corrected chi connectivity index (χ4v) is 3.02. The number of hydrogen-bond acceptors (Lipinski definition) is 3. The molecule has 0 radical (unpaired) electrons. The van der Waals surface area contributed by atoms with E-state index in [0.29, 0.717) is 12.1 Å². The van der Waals surface area contributed by atoms with Crippen LogP contribution in [0.5, 0.6) is 0 Å². The molecule has 0 aromatic carbocycles. The minimum atomic E-state index is 0.395. The van der Waals surface area contributed by atoms with E-state index in [1.165, 1.54) is 50.2 Å². The van der Waals surface area contributed by atoms with Crippen molar-refractivity contribution in [2.75, 3.05) is 19.6 Å². The molecule has 2 rings (SSSR count). The lowest BCUT2D eigenvalue weighted by Gasteiger charge is -2.22. The highest BCUT2D eigenvalue weighted by atomic mass is 15.3. The first-order valence-corrected chi connectivity index (χ1v) is 7.58. The van der Waals surface area contributed by atoms with Gasteiger partial charge in [0.05, 0.1) is 6.20 Å². The zero-order valence-electron chi connectivity index (χ0n) is 12.8. The van der Waals surface area contributed by atoms with Crippen LogP contribution in [0.2, 0.25) is 0 Å². The van der Waals surface area contributed by atoms with Crippen molar-refractivity contribution in [3.63, 3.8) is 0 Å². The molecule has 0 amide bonds. The molecule has 4 heteroatoms. The molecule has 1 aromatic heterocycles. The summed E-state index contributed by atoms with van der Waals surface area (Å²) in [6, 6.07) is 1.04. The summed E-state index contributed by atoms with van der Waals surface area (Å²) in [5.74, 6) is 0. The van der Waals surface area contributed by atoms with Gasteiger partial charge in [0.25, 0.3) is 0 Å². The molecular formula is C15H28N4. The summed E-state index contributed by atoms with van der Waals surface area (Å²) in [5.41, 5.74) is 2.60. The second kappa shape index (κ2) is 6.53. The molecule has 0 saturated carbocycles. The molecule has 2 heterocycles. The Morgan fingerprint density at radius 2 is 2.21 bits per heavy atom. The smallest absolute Gasteiger partial charge is 0.0540 e. The van der Waals surface area contributed by atoms with Crippen molar-refractivity contribution in [2.45, 2.75) is 52.1 Å². The van der Waals surface area contributed by atoms with Gasteiger partial charge in [-0.3, -0.25) is 4.68 Å². The van der Waals surface area contributed by atoms with Crippen LogP contribution in [0, 0.1) is 6.92 Å². The Bertz CT molecular complexity index is 399. The first kappa shape index (κ1) is 14.5. The predicted octanol–water partition coefficient (Wildman–Crippen LogP) is 2.25. The van der Waals surface area contributed by atoms with Crippen LogP contribution in [0.4, 0.5) is 0 Å². The van der Waals surface area contributed by atoms with Gasteiger partial charge in [0.1, 0.15) is 0 Å². The molecule has 1 fully saturated rings. The van der Waals surface area contributed by atoms with Gasteiger partial charge in [-0.25, -0.2) is 0 Å². The predicted molar refractivity (Wildman–Crippen MR) is 79.2 cm³/mol. The first-order valence-electron chi connectivity index (χ1n) is 7.58. The molecule has 0 spiro atoms. The van der Waals surface area contributed by atoms with Gasteiger partial charge in [-0.1, -0.05) is 6.92 Å². The third kappa shape index (κ3) is 3.57. The largest absolute Gasteiger partial charge is 0.307 e. The normalized spacial score (nSPS) is 23.3. The average molecular weight is 264 g/mol. The van der Waals surface area contributed by atoms with E-state index < -0.39 is 0 Å². The van der Waals surface area contributed by atoms with E-state index in [0.717, 1.165) is 0 Å². The standard InChI is InChI=1S/C15H28N4/c1-5-19-9-6-7-14(8-10-19)17-12(2)15-11-16-18(4)13(15)3/h11-12,14,17H,5-10H2,1-4H3. The summed E-state index contributed by atoms with van der Waals surface area (Å²) in [6.45, 7) is 10.3. The summed E-state index contributed by atoms with van der Waals surface area (Å²) in [7, 11) is 2.01. The Hall–Kier alpha value is -0.870. The van der Waals surface area contributed by atoms with Gasteiger partial charge in [-0.2, -0.15) is 5.10 Å². The number of nitrogens with zero attached hydrogens (tertiary/aromatic N) is 3. The van der Waals surface area contributed by atoms with E-state index in [1.54, 1.807) is 0 Å². The van der Waals surface area contributed by atoms with Crippen molar-refractivity contribution in [1.29, 1.82) is 0 Å². The molecule has 1 aromatic rings. The Labute approximate surface area is 117 Å². The highest BCUT2D eigenvalue weighted by Gasteiger charge is 2.19. The Morgan fingerprint density at radius 1 is 1.42 bits per heavy atom. The van der Waals surface area contributed by atoms with E-state index in [4.69, 9.17) is 0 Å². The van der Waals surface area contributed by atoms with E-state index in [1.807, 2.05) is 17.9 Å². The molecule has 1 N–H and O–H groups in total. The highest BCUT2D eigenvalue weighted by molar-refractivity contribution is 5.19. The maximum atomic E-state index is 4.34. The summed E-state index contributed by atoms with van der Waals surface area (Å²) < 4.78 is 1.96. The van der Waals surface area contributed by atoms with Gasteiger partial charge in [0.2, 0.25) is 0 Å². The lowest BCUT2D eigenvalue weighted by atomic mass is 10.0. The first-order chi connectivity index (χ1) is 9.11. The zero-order chi connectivity index (χ0) is 13.8. The number of hydrogen-bond donors (Lipinski definition) is 1. The number of likely N-dealkylation sites (tertiary alicyclic amines) is 1. The van der Waals surface area contributed by atoms with Crippen LogP contribution < -0.4 is 5.32 Å². The SMILES string of the molecule is CCN1CCCC(NC(C)c2cnn(C)c2C)CC1. The van der Waals surface area contributed by atoms with Gasteiger partial charge >= 0.3 is 0 Å². The topological polar surface area (TPSA) is 33.1 Å². The molecule has 1 aliphatic rings. The van der Waals surface area contributed by atoms with Gasteiger partial charge in [-0.05, 0) is 52.7 Å². The van der Waals surface area contributed by atoms with Crippen molar-refractivity contribution in [3.05, 3.63) is 17.5 Å². The van der Waals surface area contributed by atoms with Crippen molar-refractivity contribution in [2.24, 2.45) is 7.05 Å². The lowest BCUT2D eigenvalue weighted by Crippen LogP contribution is -2.33. The third-order valence-electron chi connectivity index (χ3n) is 4.49. The fraction of sp³-hybridized carbons (Fsp3) is 0.800. The maximum absolute atomic E-state index is 4.34. The minimum Gasteiger partial charge on any atom is -0.307 e. The Morgan fingerprint density at radius 3 is 2.84 bits per heavy atom. The molecular weight excluding hydrogens is 236 g/mol. The molecule has 1 aliphatic heterocycles.